The molecule has 4 rings (SSSR count). The first kappa shape index (κ1) is 16.5. The molecule has 2 aromatic heterocycles. The Morgan fingerprint density at radius 3 is 2.58 bits per heavy atom. The van der Waals surface area contributed by atoms with Crippen molar-refractivity contribution in [2.24, 2.45) is 5.41 Å². The molecule has 3 heterocycles. The summed E-state index contributed by atoms with van der Waals surface area (Å²) < 4.78 is 27.3. The molecule has 0 aliphatic carbocycles. The molecule has 26 heavy (non-hydrogen) atoms. The highest BCUT2D eigenvalue weighted by Crippen LogP contribution is 2.28. The van der Waals surface area contributed by atoms with Crippen molar-refractivity contribution in [2.45, 2.75) is 6.92 Å². The summed E-state index contributed by atoms with van der Waals surface area (Å²) in [5.41, 5.74) is 0.860. The van der Waals surface area contributed by atoms with E-state index >= 15 is 0 Å². The Hall–Kier alpha value is -2.93. The molecule has 1 aromatic carbocycles. The number of rotatable bonds is 5. The first-order valence-corrected chi connectivity index (χ1v) is 8.28. The predicted octanol–water partition coefficient (Wildman–Crippen LogP) is 3.00. The summed E-state index contributed by atoms with van der Waals surface area (Å²) in [7, 11) is 0. The lowest BCUT2D eigenvalue weighted by molar-refractivity contribution is -0.127. The molecule has 0 amide bonds. The summed E-state index contributed by atoms with van der Waals surface area (Å²) >= 11 is 0. The van der Waals surface area contributed by atoms with Gasteiger partial charge in [0, 0.05) is 17.8 Å². The lowest BCUT2D eigenvalue weighted by Crippen LogP contribution is -2.44. The quantitative estimate of drug-likeness (QED) is 0.660. The number of carbonyl (C=O) groups is 1. The van der Waals surface area contributed by atoms with Gasteiger partial charge in [-0.1, -0.05) is 6.92 Å². The lowest BCUT2D eigenvalue weighted by Gasteiger charge is -2.37. The molecule has 0 atom stereocenters. The zero-order valence-corrected chi connectivity index (χ0v) is 14.3. The van der Waals surface area contributed by atoms with Crippen LogP contribution in [0.3, 0.4) is 0 Å². The summed E-state index contributed by atoms with van der Waals surface area (Å²) in [6.45, 7) is 3.47. The number of carbonyl (C=O) groups excluding carboxylic acids is 1. The highest BCUT2D eigenvalue weighted by molar-refractivity contribution is 5.93. The van der Waals surface area contributed by atoms with E-state index in [1.165, 1.54) is 18.3 Å². The van der Waals surface area contributed by atoms with Crippen molar-refractivity contribution in [1.82, 2.24) is 14.3 Å². The normalized spacial score (nSPS) is 15.5. The van der Waals surface area contributed by atoms with E-state index in [9.17, 15) is 9.18 Å². The van der Waals surface area contributed by atoms with Crippen LogP contribution in [0.25, 0.3) is 11.5 Å². The predicted molar refractivity (Wildman–Crippen MR) is 92.1 cm³/mol. The van der Waals surface area contributed by atoms with Crippen LogP contribution in [0.5, 0.6) is 0 Å². The van der Waals surface area contributed by atoms with Gasteiger partial charge in [0.2, 0.25) is 0 Å². The minimum Gasteiger partial charge on any atom is -0.461 e. The molecule has 0 saturated carbocycles. The molecular weight excluding hydrogens is 337 g/mol. The standard InChI is InChI=1S/C19H18FN3O3/c1-19(11-25-12-19)13-26-18(24)16-10-21-23(15-6-4-14(20)5-7-15)17(16)22-8-2-3-9-22/h2-10H,11-13H2,1H3. The van der Waals surface area contributed by atoms with Crippen LogP contribution in [-0.2, 0) is 9.47 Å². The number of benzene rings is 1. The zero-order valence-electron chi connectivity index (χ0n) is 14.3. The van der Waals surface area contributed by atoms with Crippen LogP contribution in [0, 0.1) is 11.2 Å². The van der Waals surface area contributed by atoms with Crippen LogP contribution in [0.4, 0.5) is 4.39 Å². The molecule has 0 radical (unpaired) electrons. The average Bonchev–Trinajstić information content (AvgIpc) is 3.27. The minimum absolute atomic E-state index is 0.129. The van der Waals surface area contributed by atoms with Gasteiger partial charge in [0.25, 0.3) is 0 Å². The maximum atomic E-state index is 13.2. The fourth-order valence-corrected chi connectivity index (χ4v) is 2.83. The maximum Gasteiger partial charge on any atom is 0.343 e. The molecule has 6 nitrogen and oxygen atoms in total. The zero-order chi connectivity index (χ0) is 18.1. The lowest BCUT2D eigenvalue weighted by atomic mass is 9.90. The summed E-state index contributed by atoms with van der Waals surface area (Å²) in [5, 5.41) is 4.32. The fraction of sp³-hybridized carbons (Fsp3) is 0.263. The first-order valence-electron chi connectivity index (χ1n) is 8.28. The first-order chi connectivity index (χ1) is 12.6. The van der Waals surface area contributed by atoms with E-state index in [-0.39, 0.29) is 11.2 Å². The third kappa shape index (κ3) is 3.01. The van der Waals surface area contributed by atoms with Gasteiger partial charge in [-0.3, -0.25) is 0 Å². The maximum absolute atomic E-state index is 13.2. The monoisotopic (exact) mass is 355 g/mol. The topological polar surface area (TPSA) is 58.3 Å². The molecule has 134 valence electrons. The van der Waals surface area contributed by atoms with Gasteiger partial charge in [-0.15, -0.1) is 0 Å². The largest absolute Gasteiger partial charge is 0.461 e. The Morgan fingerprint density at radius 1 is 1.27 bits per heavy atom. The molecule has 0 spiro atoms. The van der Waals surface area contributed by atoms with Gasteiger partial charge in [-0.05, 0) is 36.4 Å². The molecule has 1 aliphatic heterocycles. The van der Waals surface area contributed by atoms with Gasteiger partial charge < -0.3 is 14.0 Å². The van der Waals surface area contributed by atoms with Crippen LogP contribution in [0.1, 0.15) is 17.3 Å². The van der Waals surface area contributed by atoms with E-state index in [4.69, 9.17) is 9.47 Å². The second-order valence-electron chi connectivity index (χ2n) is 6.74. The Labute approximate surface area is 149 Å². The van der Waals surface area contributed by atoms with Crippen LogP contribution < -0.4 is 0 Å². The fourth-order valence-electron chi connectivity index (χ4n) is 2.83. The van der Waals surface area contributed by atoms with Crippen molar-refractivity contribution in [3.05, 3.63) is 66.4 Å². The molecule has 3 aromatic rings. The number of nitrogens with zero attached hydrogens (tertiary/aromatic N) is 3. The highest BCUT2D eigenvalue weighted by atomic mass is 19.1. The third-order valence-electron chi connectivity index (χ3n) is 4.34. The summed E-state index contributed by atoms with van der Waals surface area (Å²) in [6.07, 6.45) is 5.10. The Morgan fingerprint density at radius 2 is 1.96 bits per heavy atom. The Kier molecular flexibility index (Phi) is 4.08. The van der Waals surface area contributed by atoms with Crippen LogP contribution in [0.15, 0.2) is 55.0 Å². The molecule has 1 fully saturated rings. The molecule has 0 bridgehead atoms. The van der Waals surface area contributed by atoms with Crippen LogP contribution in [-0.4, -0.2) is 40.1 Å². The second-order valence-corrected chi connectivity index (χ2v) is 6.74. The Bertz CT molecular complexity index is 912. The van der Waals surface area contributed by atoms with E-state index < -0.39 is 5.97 Å². The minimum atomic E-state index is -0.449. The summed E-state index contributed by atoms with van der Waals surface area (Å²) in [4.78, 5) is 12.7. The summed E-state index contributed by atoms with van der Waals surface area (Å²) in [5.74, 6) is -0.240. The number of halogens is 1. The van der Waals surface area contributed by atoms with Gasteiger partial charge in [0.15, 0.2) is 5.82 Å². The molecule has 0 N–H and O–H groups in total. The van der Waals surface area contributed by atoms with Gasteiger partial charge in [-0.2, -0.15) is 5.10 Å². The van der Waals surface area contributed by atoms with E-state index in [0.717, 1.165) is 0 Å². The number of hydrogen-bond donors (Lipinski definition) is 0. The van der Waals surface area contributed by atoms with E-state index in [2.05, 4.69) is 5.10 Å². The van der Waals surface area contributed by atoms with E-state index in [1.54, 1.807) is 21.4 Å². The molecule has 0 unspecified atom stereocenters. The van der Waals surface area contributed by atoms with Gasteiger partial charge >= 0.3 is 5.97 Å². The molecule has 1 saturated heterocycles. The average molecular weight is 355 g/mol. The van der Waals surface area contributed by atoms with Crippen molar-refractivity contribution in [2.75, 3.05) is 19.8 Å². The second kappa shape index (κ2) is 6.42. The number of hydrogen-bond acceptors (Lipinski definition) is 4. The van der Waals surface area contributed by atoms with Gasteiger partial charge in [-0.25, -0.2) is 13.9 Å². The van der Waals surface area contributed by atoms with E-state index in [1.807, 2.05) is 31.5 Å². The van der Waals surface area contributed by atoms with Crippen molar-refractivity contribution in [3.63, 3.8) is 0 Å². The number of esters is 1. The molecule has 7 heteroatoms. The highest BCUT2D eigenvalue weighted by Gasteiger charge is 2.35. The van der Waals surface area contributed by atoms with Crippen molar-refractivity contribution in [1.29, 1.82) is 0 Å². The Balaban J connectivity index is 1.68. The number of ether oxygens (including phenoxy) is 2. The van der Waals surface area contributed by atoms with Crippen LogP contribution in [0.2, 0.25) is 0 Å². The van der Waals surface area contributed by atoms with E-state index in [0.29, 0.717) is 36.9 Å². The van der Waals surface area contributed by atoms with Crippen LogP contribution >= 0.6 is 0 Å². The van der Waals surface area contributed by atoms with Crippen molar-refractivity contribution < 1.29 is 18.7 Å². The summed E-state index contributed by atoms with van der Waals surface area (Å²) in [6, 6.07) is 9.62. The van der Waals surface area contributed by atoms with Gasteiger partial charge in [0.05, 0.1) is 25.1 Å². The number of aromatic nitrogens is 3. The van der Waals surface area contributed by atoms with Crippen molar-refractivity contribution in [3.8, 4) is 11.5 Å². The SMILES string of the molecule is CC1(COC(=O)c2cnn(-c3ccc(F)cc3)c2-n2cccc2)COC1. The smallest absolute Gasteiger partial charge is 0.343 e. The molecule has 1 aliphatic rings. The van der Waals surface area contributed by atoms with Gasteiger partial charge in [0.1, 0.15) is 18.0 Å². The molecular formula is C19H18FN3O3. The van der Waals surface area contributed by atoms with Crippen molar-refractivity contribution >= 4 is 5.97 Å². The third-order valence-corrected chi connectivity index (χ3v) is 4.34.